The summed E-state index contributed by atoms with van der Waals surface area (Å²) in [6.07, 6.45) is 4.56. The Morgan fingerprint density at radius 3 is 2.79 bits per heavy atom. The van der Waals surface area contributed by atoms with Gasteiger partial charge < -0.3 is 10.2 Å². The van der Waals surface area contributed by atoms with Crippen LogP contribution in [0.3, 0.4) is 0 Å². The Morgan fingerprint density at radius 1 is 1.26 bits per heavy atom. The second kappa shape index (κ2) is 6.13. The Bertz CT molecular complexity index is 527. The third kappa shape index (κ3) is 3.40. The van der Waals surface area contributed by atoms with Gasteiger partial charge in [-0.05, 0) is 19.1 Å². The van der Waals surface area contributed by atoms with Crippen molar-refractivity contribution in [1.82, 2.24) is 15.0 Å². The number of nitrogens with zero attached hydrogens (tertiary/aromatic N) is 4. The van der Waals surface area contributed by atoms with Crippen molar-refractivity contribution in [2.45, 2.75) is 13.3 Å². The average Bonchev–Trinajstić information content (AvgIpc) is 2.46. The van der Waals surface area contributed by atoms with Gasteiger partial charge in [-0.15, -0.1) is 0 Å². The molecule has 0 unspecified atom stereocenters. The van der Waals surface area contributed by atoms with E-state index < -0.39 is 0 Å². The van der Waals surface area contributed by atoms with Crippen LogP contribution in [0.5, 0.6) is 0 Å². The zero-order valence-electron chi connectivity index (χ0n) is 11.6. The molecule has 19 heavy (non-hydrogen) atoms. The first-order chi connectivity index (χ1) is 9.20. The van der Waals surface area contributed by atoms with Crippen molar-refractivity contribution in [2.24, 2.45) is 0 Å². The van der Waals surface area contributed by atoms with Gasteiger partial charge in [-0.2, -0.15) is 4.98 Å². The molecule has 0 spiro atoms. The van der Waals surface area contributed by atoms with E-state index in [9.17, 15) is 0 Å². The standard InChI is InChI=1S/C14H19N5/c1-11-10-17-14(15-2)18-13(11)19(3)9-7-12-6-4-5-8-16-12/h4-6,8,10H,7,9H2,1-3H3,(H,15,17,18). The van der Waals surface area contributed by atoms with Crippen molar-refractivity contribution in [3.8, 4) is 0 Å². The molecule has 1 N–H and O–H groups in total. The summed E-state index contributed by atoms with van der Waals surface area (Å²) in [4.78, 5) is 15.1. The molecule has 0 aromatic carbocycles. The molecule has 0 aliphatic rings. The molecular formula is C14H19N5. The number of hydrogen-bond donors (Lipinski definition) is 1. The zero-order valence-corrected chi connectivity index (χ0v) is 11.6. The number of anilines is 2. The van der Waals surface area contributed by atoms with Gasteiger partial charge in [0, 0.05) is 50.7 Å². The lowest BCUT2D eigenvalue weighted by atomic mass is 10.2. The molecule has 5 nitrogen and oxygen atoms in total. The fourth-order valence-electron chi connectivity index (χ4n) is 1.87. The van der Waals surface area contributed by atoms with Gasteiger partial charge in [-0.25, -0.2) is 4.98 Å². The first-order valence-corrected chi connectivity index (χ1v) is 6.33. The number of aryl methyl sites for hydroxylation is 1. The van der Waals surface area contributed by atoms with Crippen molar-refractivity contribution >= 4 is 11.8 Å². The summed E-state index contributed by atoms with van der Waals surface area (Å²) in [7, 11) is 3.86. The summed E-state index contributed by atoms with van der Waals surface area (Å²) in [5, 5.41) is 2.96. The number of nitrogens with one attached hydrogen (secondary N) is 1. The number of aromatic nitrogens is 3. The van der Waals surface area contributed by atoms with E-state index in [2.05, 4.69) is 25.2 Å². The first kappa shape index (κ1) is 13.3. The Morgan fingerprint density at radius 2 is 2.11 bits per heavy atom. The van der Waals surface area contributed by atoms with Gasteiger partial charge in [0.25, 0.3) is 0 Å². The third-order valence-corrected chi connectivity index (χ3v) is 2.96. The van der Waals surface area contributed by atoms with Gasteiger partial charge in [0.05, 0.1) is 0 Å². The van der Waals surface area contributed by atoms with Gasteiger partial charge in [0.2, 0.25) is 5.95 Å². The van der Waals surface area contributed by atoms with Crippen molar-refractivity contribution in [3.63, 3.8) is 0 Å². The van der Waals surface area contributed by atoms with Crippen LogP contribution in [0.25, 0.3) is 0 Å². The lowest BCUT2D eigenvalue weighted by Gasteiger charge is -2.20. The van der Waals surface area contributed by atoms with E-state index in [0.29, 0.717) is 5.95 Å². The van der Waals surface area contributed by atoms with Crippen LogP contribution in [0, 0.1) is 6.92 Å². The van der Waals surface area contributed by atoms with Crippen LogP contribution in [-0.4, -0.2) is 35.6 Å². The predicted octanol–water partition coefficient (Wildman–Crippen LogP) is 1.90. The highest BCUT2D eigenvalue weighted by Crippen LogP contribution is 2.16. The zero-order chi connectivity index (χ0) is 13.7. The topological polar surface area (TPSA) is 53.9 Å². The molecule has 0 atom stereocenters. The van der Waals surface area contributed by atoms with Crippen LogP contribution < -0.4 is 10.2 Å². The molecule has 0 amide bonds. The highest BCUT2D eigenvalue weighted by Gasteiger charge is 2.08. The van der Waals surface area contributed by atoms with Crippen LogP contribution in [0.1, 0.15) is 11.3 Å². The van der Waals surface area contributed by atoms with Crippen molar-refractivity contribution in [2.75, 3.05) is 30.9 Å². The summed E-state index contributed by atoms with van der Waals surface area (Å²) in [5.74, 6) is 1.60. The molecule has 0 saturated carbocycles. The smallest absolute Gasteiger partial charge is 0.224 e. The van der Waals surface area contributed by atoms with E-state index in [1.165, 1.54) is 0 Å². The Labute approximate surface area is 113 Å². The maximum atomic E-state index is 4.49. The highest BCUT2D eigenvalue weighted by molar-refractivity contribution is 5.48. The molecule has 0 radical (unpaired) electrons. The minimum absolute atomic E-state index is 0.644. The van der Waals surface area contributed by atoms with Crippen LogP contribution in [0.2, 0.25) is 0 Å². The minimum Gasteiger partial charge on any atom is -0.359 e. The number of pyridine rings is 1. The quantitative estimate of drug-likeness (QED) is 0.886. The molecule has 0 fully saturated rings. The average molecular weight is 257 g/mol. The molecule has 2 heterocycles. The summed E-state index contributed by atoms with van der Waals surface area (Å²) < 4.78 is 0. The molecule has 5 heteroatoms. The van der Waals surface area contributed by atoms with E-state index in [1.807, 2.05) is 51.6 Å². The van der Waals surface area contributed by atoms with Gasteiger partial charge >= 0.3 is 0 Å². The van der Waals surface area contributed by atoms with Crippen LogP contribution in [0.15, 0.2) is 30.6 Å². The third-order valence-electron chi connectivity index (χ3n) is 2.96. The normalized spacial score (nSPS) is 10.3. The number of hydrogen-bond acceptors (Lipinski definition) is 5. The second-order valence-electron chi connectivity index (χ2n) is 4.44. The lowest BCUT2D eigenvalue weighted by Crippen LogP contribution is -2.23. The predicted molar refractivity (Wildman–Crippen MR) is 77.5 cm³/mol. The van der Waals surface area contributed by atoms with Crippen molar-refractivity contribution in [1.29, 1.82) is 0 Å². The molecule has 0 aliphatic carbocycles. The maximum absolute atomic E-state index is 4.49. The van der Waals surface area contributed by atoms with Crippen LogP contribution >= 0.6 is 0 Å². The maximum Gasteiger partial charge on any atom is 0.224 e. The lowest BCUT2D eigenvalue weighted by molar-refractivity contribution is 0.832. The Hall–Kier alpha value is -2.17. The van der Waals surface area contributed by atoms with Gasteiger partial charge in [-0.3, -0.25) is 4.98 Å². The van der Waals surface area contributed by atoms with E-state index in [4.69, 9.17) is 0 Å². The van der Waals surface area contributed by atoms with E-state index >= 15 is 0 Å². The summed E-state index contributed by atoms with van der Waals surface area (Å²) in [6.45, 7) is 2.89. The van der Waals surface area contributed by atoms with Crippen molar-refractivity contribution in [3.05, 3.63) is 41.9 Å². The first-order valence-electron chi connectivity index (χ1n) is 6.33. The molecular weight excluding hydrogens is 238 g/mol. The molecule has 2 aromatic heterocycles. The van der Waals surface area contributed by atoms with Crippen molar-refractivity contribution < 1.29 is 0 Å². The summed E-state index contributed by atoms with van der Waals surface area (Å²) in [5.41, 5.74) is 2.16. The monoisotopic (exact) mass is 257 g/mol. The highest BCUT2D eigenvalue weighted by atomic mass is 15.2. The van der Waals surface area contributed by atoms with Crippen LogP contribution in [0.4, 0.5) is 11.8 Å². The largest absolute Gasteiger partial charge is 0.359 e. The SMILES string of the molecule is CNc1ncc(C)c(N(C)CCc2ccccn2)n1. The fraction of sp³-hybridized carbons (Fsp3) is 0.357. The molecule has 0 saturated heterocycles. The fourth-order valence-corrected chi connectivity index (χ4v) is 1.87. The number of likely N-dealkylation sites (N-methyl/N-ethyl adjacent to an activating group) is 1. The van der Waals surface area contributed by atoms with Gasteiger partial charge in [-0.1, -0.05) is 6.07 Å². The van der Waals surface area contributed by atoms with Gasteiger partial charge in [0.15, 0.2) is 0 Å². The van der Waals surface area contributed by atoms with E-state index in [1.54, 1.807) is 0 Å². The van der Waals surface area contributed by atoms with E-state index in [-0.39, 0.29) is 0 Å². The number of rotatable bonds is 5. The molecule has 2 aromatic rings. The summed E-state index contributed by atoms with van der Waals surface area (Å²) in [6, 6.07) is 5.98. The Balaban J connectivity index is 2.05. The van der Waals surface area contributed by atoms with Gasteiger partial charge in [0.1, 0.15) is 5.82 Å². The molecule has 0 aliphatic heterocycles. The second-order valence-corrected chi connectivity index (χ2v) is 4.44. The molecule has 0 bridgehead atoms. The molecule has 100 valence electrons. The Kier molecular flexibility index (Phi) is 4.28. The summed E-state index contributed by atoms with van der Waals surface area (Å²) >= 11 is 0. The van der Waals surface area contributed by atoms with E-state index in [0.717, 1.165) is 30.0 Å². The van der Waals surface area contributed by atoms with Crippen LogP contribution in [-0.2, 0) is 6.42 Å². The molecule has 2 rings (SSSR count). The minimum atomic E-state index is 0.644.